The van der Waals surface area contributed by atoms with Gasteiger partial charge in [-0.15, -0.1) is 0 Å². The lowest BCUT2D eigenvalue weighted by Crippen LogP contribution is -2.00. The van der Waals surface area contributed by atoms with Gasteiger partial charge in [-0.05, 0) is 24.3 Å². The molecule has 2 aromatic carbocycles. The third-order valence-electron chi connectivity index (χ3n) is 3.80. The average Bonchev–Trinajstić information content (AvgIpc) is 3.10. The third-order valence-corrected chi connectivity index (χ3v) is 3.80. The van der Waals surface area contributed by atoms with E-state index < -0.39 is 0 Å². The van der Waals surface area contributed by atoms with Gasteiger partial charge in [0, 0.05) is 18.3 Å². The number of fused-ring (bicyclic) bond motifs is 1. The van der Waals surface area contributed by atoms with E-state index in [9.17, 15) is 0 Å². The summed E-state index contributed by atoms with van der Waals surface area (Å²) in [5.74, 6) is 1.43. The molecule has 0 saturated heterocycles. The summed E-state index contributed by atoms with van der Waals surface area (Å²) in [5, 5.41) is 3.29. The highest BCUT2D eigenvalue weighted by Crippen LogP contribution is 2.20. The Morgan fingerprint density at radius 3 is 2.96 bits per heavy atom. The fourth-order valence-electron chi connectivity index (χ4n) is 2.63. The van der Waals surface area contributed by atoms with Crippen molar-refractivity contribution in [3.05, 3.63) is 83.9 Å². The molecular formula is C19H14N6. The SMILES string of the molecule is [C-]#[N+]c1cccc(Cc2nccc(Nc3ccc4nc[nH]c4c3)n2)c1. The minimum absolute atomic E-state index is 0.582. The van der Waals surface area contributed by atoms with Gasteiger partial charge < -0.3 is 10.3 Å². The minimum Gasteiger partial charge on any atom is -0.345 e. The molecule has 0 spiro atoms. The maximum Gasteiger partial charge on any atom is 0.187 e. The van der Waals surface area contributed by atoms with Crippen LogP contribution in [-0.2, 0) is 6.42 Å². The van der Waals surface area contributed by atoms with Gasteiger partial charge in [0.15, 0.2) is 5.69 Å². The van der Waals surface area contributed by atoms with Crippen molar-refractivity contribution in [1.82, 2.24) is 19.9 Å². The number of anilines is 2. The minimum atomic E-state index is 0.582. The summed E-state index contributed by atoms with van der Waals surface area (Å²) in [5.41, 5.74) is 4.46. The molecular weight excluding hydrogens is 312 g/mol. The Hall–Kier alpha value is -3.72. The molecule has 0 aliphatic heterocycles. The summed E-state index contributed by atoms with van der Waals surface area (Å²) in [7, 11) is 0. The van der Waals surface area contributed by atoms with E-state index in [2.05, 4.69) is 30.1 Å². The molecule has 0 radical (unpaired) electrons. The predicted octanol–water partition coefficient (Wildman–Crippen LogP) is 4.24. The Morgan fingerprint density at radius 1 is 1.08 bits per heavy atom. The molecule has 2 N–H and O–H groups in total. The highest BCUT2D eigenvalue weighted by Gasteiger charge is 2.04. The lowest BCUT2D eigenvalue weighted by atomic mass is 10.1. The second-order valence-electron chi connectivity index (χ2n) is 5.58. The van der Waals surface area contributed by atoms with E-state index in [1.54, 1.807) is 18.6 Å². The molecule has 4 aromatic rings. The zero-order chi connectivity index (χ0) is 17.1. The van der Waals surface area contributed by atoms with Crippen LogP contribution < -0.4 is 5.32 Å². The molecule has 4 rings (SSSR count). The Labute approximate surface area is 144 Å². The Kier molecular flexibility index (Phi) is 3.81. The molecule has 6 heteroatoms. The Bertz CT molecular complexity index is 1080. The smallest absolute Gasteiger partial charge is 0.187 e. The van der Waals surface area contributed by atoms with Crippen LogP contribution in [-0.4, -0.2) is 19.9 Å². The van der Waals surface area contributed by atoms with E-state index in [0.29, 0.717) is 17.9 Å². The van der Waals surface area contributed by atoms with Crippen molar-refractivity contribution in [3.8, 4) is 0 Å². The maximum atomic E-state index is 7.10. The lowest BCUT2D eigenvalue weighted by Gasteiger charge is -2.07. The third kappa shape index (κ3) is 3.31. The molecule has 0 atom stereocenters. The van der Waals surface area contributed by atoms with Crippen molar-refractivity contribution in [2.45, 2.75) is 6.42 Å². The molecule has 2 heterocycles. The number of nitrogens with zero attached hydrogens (tertiary/aromatic N) is 4. The van der Waals surface area contributed by atoms with Crippen molar-refractivity contribution in [2.24, 2.45) is 0 Å². The molecule has 0 aliphatic carbocycles. The van der Waals surface area contributed by atoms with Crippen LogP contribution >= 0.6 is 0 Å². The average molecular weight is 326 g/mol. The monoisotopic (exact) mass is 326 g/mol. The van der Waals surface area contributed by atoms with Crippen LogP contribution in [0.2, 0.25) is 0 Å². The molecule has 0 unspecified atom stereocenters. The molecule has 0 saturated carbocycles. The molecule has 120 valence electrons. The zero-order valence-electron chi connectivity index (χ0n) is 13.3. The van der Waals surface area contributed by atoms with Crippen LogP contribution in [0.3, 0.4) is 0 Å². The van der Waals surface area contributed by atoms with Crippen LogP contribution in [0.1, 0.15) is 11.4 Å². The summed E-state index contributed by atoms with van der Waals surface area (Å²) < 4.78 is 0. The first-order chi connectivity index (χ1) is 12.3. The summed E-state index contributed by atoms with van der Waals surface area (Å²) >= 11 is 0. The number of imidazole rings is 1. The van der Waals surface area contributed by atoms with Gasteiger partial charge in [-0.3, -0.25) is 0 Å². The van der Waals surface area contributed by atoms with Gasteiger partial charge in [-0.2, -0.15) is 0 Å². The number of aromatic nitrogens is 4. The molecule has 0 aliphatic rings. The summed E-state index contributed by atoms with van der Waals surface area (Å²) in [4.78, 5) is 19.6. The second-order valence-corrected chi connectivity index (χ2v) is 5.58. The standard InChI is InChI=1S/C19H14N6/c1-20-14-4-2-3-13(9-14)10-19-21-8-7-18(25-19)24-15-5-6-16-17(11-15)23-12-22-16/h2-9,11-12H,10H2,(H,22,23)(H,21,24,25). The fraction of sp³-hybridized carbons (Fsp3) is 0.0526. The van der Waals surface area contributed by atoms with Crippen molar-refractivity contribution < 1.29 is 0 Å². The van der Waals surface area contributed by atoms with Crippen molar-refractivity contribution >= 4 is 28.2 Å². The molecule has 6 nitrogen and oxygen atoms in total. The largest absolute Gasteiger partial charge is 0.345 e. The molecule has 0 bridgehead atoms. The number of hydrogen-bond donors (Lipinski definition) is 2. The number of nitrogens with one attached hydrogen (secondary N) is 2. The van der Waals surface area contributed by atoms with Crippen LogP contribution in [0.15, 0.2) is 61.1 Å². The van der Waals surface area contributed by atoms with Crippen molar-refractivity contribution in [2.75, 3.05) is 5.32 Å². The van der Waals surface area contributed by atoms with Crippen molar-refractivity contribution in [3.63, 3.8) is 0 Å². The van der Waals surface area contributed by atoms with E-state index in [4.69, 9.17) is 6.57 Å². The Balaban J connectivity index is 1.55. The van der Waals surface area contributed by atoms with Gasteiger partial charge in [0.1, 0.15) is 11.6 Å². The van der Waals surface area contributed by atoms with E-state index in [1.807, 2.05) is 42.5 Å². The van der Waals surface area contributed by atoms with Crippen LogP contribution in [0.25, 0.3) is 15.9 Å². The van der Waals surface area contributed by atoms with Gasteiger partial charge >= 0.3 is 0 Å². The van der Waals surface area contributed by atoms with E-state index in [-0.39, 0.29) is 0 Å². The topological polar surface area (TPSA) is 70.8 Å². The first-order valence-corrected chi connectivity index (χ1v) is 7.79. The quantitative estimate of drug-likeness (QED) is 0.550. The highest BCUT2D eigenvalue weighted by molar-refractivity contribution is 5.79. The first kappa shape index (κ1) is 14.8. The Morgan fingerprint density at radius 2 is 2.04 bits per heavy atom. The summed E-state index contributed by atoms with van der Waals surface area (Å²) in [6, 6.07) is 15.2. The van der Waals surface area contributed by atoms with Gasteiger partial charge in [0.2, 0.25) is 0 Å². The van der Waals surface area contributed by atoms with Crippen LogP contribution in [0.5, 0.6) is 0 Å². The number of aromatic amines is 1. The maximum absolute atomic E-state index is 7.10. The molecule has 0 amide bonds. The first-order valence-electron chi connectivity index (χ1n) is 7.79. The number of hydrogen-bond acceptors (Lipinski definition) is 4. The van der Waals surface area contributed by atoms with E-state index in [0.717, 1.165) is 28.1 Å². The number of benzene rings is 2. The van der Waals surface area contributed by atoms with Gasteiger partial charge in [0.05, 0.1) is 23.9 Å². The second kappa shape index (κ2) is 6.42. The molecule has 0 fully saturated rings. The van der Waals surface area contributed by atoms with E-state index in [1.165, 1.54) is 0 Å². The molecule has 2 aromatic heterocycles. The highest BCUT2D eigenvalue weighted by atomic mass is 15.0. The number of rotatable bonds is 4. The van der Waals surface area contributed by atoms with Crippen LogP contribution in [0, 0.1) is 6.57 Å². The lowest BCUT2D eigenvalue weighted by molar-refractivity contribution is 0.972. The van der Waals surface area contributed by atoms with Gasteiger partial charge in [-0.25, -0.2) is 19.8 Å². The summed E-state index contributed by atoms with van der Waals surface area (Å²) in [6.45, 7) is 7.10. The predicted molar refractivity (Wildman–Crippen MR) is 96.9 cm³/mol. The van der Waals surface area contributed by atoms with Gasteiger partial charge in [0.25, 0.3) is 0 Å². The van der Waals surface area contributed by atoms with E-state index >= 15 is 0 Å². The normalized spacial score (nSPS) is 10.5. The fourth-order valence-corrected chi connectivity index (χ4v) is 2.63. The zero-order valence-corrected chi connectivity index (χ0v) is 13.3. The summed E-state index contributed by atoms with van der Waals surface area (Å²) in [6.07, 6.45) is 3.99. The van der Waals surface area contributed by atoms with Gasteiger partial charge in [-0.1, -0.05) is 29.8 Å². The van der Waals surface area contributed by atoms with Crippen LogP contribution in [0.4, 0.5) is 17.2 Å². The van der Waals surface area contributed by atoms with Crippen molar-refractivity contribution in [1.29, 1.82) is 0 Å². The molecule has 25 heavy (non-hydrogen) atoms. The number of H-pyrrole nitrogens is 1.